The zero-order chi connectivity index (χ0) is 22.2. The third-order valence-corrected chi connectivity index (χ3v) is 6.87. The summed E-state index contributed by atoms with van der Waals surface area (Å²) in [4.78, 5) is 19.6. The minimum absolute atomic E-state index is 0.0509. The minimum Gasteiger partial charge on any atom is -0.373 e. The lowest BCUT2D eigenvalue weighted by molar-refractivity contribution is -0.242. The van der Waals surface area contributed by atoms with Crippen molar-refractivity contribution in [1.29, 1.82) is 0 Å². The van der Waals surface area contributed by atoms with E-state index in [9.17, 15) is 31.5 Å². The number of nitrogens with zero attached hydrogens (tertiary/aromatic N) is 2. The molecular formula is C18H14F3N3O4S2. The van der Waals surface area contributed by atoms with Gasteiger partial charge in [0.15, 0.2) is 5.03 Å². The molecule has 0 saturated carbocycles. The second kappa shape index (κ2) is 7.78. The average Bonchev–Trinajstić information content (AvgIpc) is 3.12. The zero-order valence-corrected chi connectivity index (χ0v) is 16.8. The summed E-state index contributed by atoms with van der Waals surface area (Å²) in [5, 5.41) is 12.3. The van der Waals surface area contributed by atoms with Crippen molar-refractivity contribution in [1.82, 2.24) is 9.97 Å². The van der Waals surface area contributed by atoms with Gasteiger partial charge in [-0.15, -0.1) is 11.3 Å². The smallest absolute Gasteiger partial charge is 0.373 e. The van der Waals surface area contributed by atoms with Crippen LogP contribution >= 0.6 is 11.3 Å². The molecule has 3 aromatic heterocycles. The first-order valence-corrected chi connectivity index (χ1v) is 10.6. The second-order valence-corrected chi connectivity index (χ2v) is 8.99. The highest BCUT2D eigenvalue weighted by molar-refractivity contribution is 7.91. The Labute approximate surface area is 173 Å². The summed E-state index contributed by atoms with van der Waals surface area (Å²) in [6.45, 7) is 0.311. The molecule has 0 fully saturated rings. The quantitative estimate of drug-likeness (QED) is 0.609. The van der Waals surface area contributed by atoms with Crippen molar-refractivity contribution < 1.29 is 31.5 Å². The van der Waals surface area contributed by atoms with Gasteiger partial charge in [0, 0.05) is 35.1 Å². The van der Waals surface area contributed by atoms with Gasteiger partial charge in [0.1, 0.15) is 5.00 Å². The maximum absolute atomic E-state index is 13.1. The van der Waals surface area contributed by atoms with Gasteiger partial charge < -0.3 is 10.4 Å². The Bertz CT molecular complexity index is 1160. The fraction of sp³-hybridized carbons (Fsp3) is 0.167. The van der Waals surface area contributed by atoms with E-state index in [1.165, 1.54) is 54.3 Å². The summed E-state index contributed by atoms with van der Waals surface area (Å²) in [5.41, 5.74) is -3.48. The molecule has 0 radical (unpaired) electrons. The summed E-state index contributed by atoms with van der Waals surface area (Å²) in [7, 11) is -4.16. The van der Waals surface area contributed by atoms with Gasteiger partial charge in [0.2, 0.25) is 15.4 Å². The first kappa shape index (κ1) is 21.9. The molecule has 0 aliphatic carbocycles. The second-order valence-electron chi connectivity index (χ2n) is 6.24. The van der Waals surface area contributed by atoms with E-state index in [0.29, 0.717) is 18.3 Å². The third-order valence-electron chi connectivity index (χ3n) is 4.13. The van der Waals surface area contributed by atoms with E-state index >= 15 is 0 Å². The maximum Gasteiger partial charge on any atom is 0.426 e. The van der Waals surface area contributed by atoms with E-state index in [1.54, 1.807) is 0 Å². The molecule has 158 valence electrons. The zero-order valence-electron chi connectivity index (χ0n) is 15.2. The van der Waals surface area contributed by atoms with Gasteiger partial charge in [0.05, 0.1) is 4.90 Å². The van der Waals surface area contributed by atoms with E-state index in [2.05, 4.69) is 9.97 Å². The summed E-state index contributed by atoms with van der Waals surface area (Å²) in [6, 6.07) is 7.26. The number of aromatic nitrogens is 2. The highest BCUT2D eigenvalue weighted by Crippen LogP contribution is 2.42. The van der Waals surface area contributed by atoms with Crippen molar-refractivity contribution in [3.8, 4) is 11.1 Å². The molecule has 3 rings (SSSR count). The predicted molar refractivity (Wildman–Crippen MR) is 103 cm³/mol. The van der Waals surface area contributed by atoms with Gasteiger partial charge in [-0.25, -0.2) is 13.4 Å². The summed E-state index contributed by atoms with van der Waals surface area (Å²) >= 11 is 0.702. The standard InChI is InChI=1S/C18H14F3N3O4S2/c1-17(26,18(19,20)21)16(25)24-15-14(11-5-4-7-22-9-11)12(10-29-15)30(27,28)13-6-2-3-8-23-13/h2-10,26H,1H3,(H,24,25). The van der Waals surface area contributed by atoms with Gasteiger partial charge in [-0.05, 0) is 25.1 Å². The SMILES string of the molecule is CC(O)(C(=O)Nc1scc(S(=O)(=O)c2ccccn2)c1-c1cccnc1)C(F)(F)F. The van der Waals surface area contributed by atoms with E-state index in [-0.39, 0.29) is 26.0 Å². The van der Waals surface area contributed by atoms with E-state index < -0.39 is 27.5 Å². The average molecular weight is 457 g/mol. The molecule has 0 saturated heterocycles. The van der Waals surface area contributed by atoms with E-state index in [1.807, 2.05) is 5.32 Å². The molecule has 0 aliphatic heterocycles. The Hall–Kier alpha value is -2.83. The molecule has 0 aliphatic rings. The topological polar surface area (TPSA) is 109 Å². The monoisotopic (exact) mass is 457 g/mol. The Morgan fingerprint density at radius 3 is 2.47 bits per heavy atom. The number of aliphatic hydroxyl groups is 1. The lowest BCUT2D eigenvalue weighted by atomic mass is 10.1. The number of sulfone groups is 1. The number of hydrogen-bond acceptors (Lipinski definition) is 7. The molecule has 2 N–H and O–H groups in total. The van der Waals surface area contributed by atoms with Gasteiger partial charge in [0.25, 0.3) is 5.91 Å². The number of pyridine rings is 2. The van der Waals surface area contributed by atoms with Crippen LogP contribution in [0.3, 0.4) is 0 Å². The normalized spacial score (nSPS) is 14.2. The van der Waals surface area contributed by atoms with E-state index in [4.69, 9.17) is 0 Å². The molecular weight excluding hydrogens is 443 g/mol. The number of halogens is 3. The largest absolute Gasteiger partial charge is 0.426 e. The summed E-state index contributed by atoms with van der Waals surface area (Å²) in [5.74, 6) is -1.75. The van der Waals surface area contributed by atoms with Crippen LogP contribution in [0, 0.1) is 0 Å². The number of rotatable bonds is 5. The predicted octanol–water partition coefficient (Wildman–Crippen LogP) is 3.29. The first-order valence-electron chi connectivity index (χ1n) is 8.25. The molecule has 0 aromatic carbocycles. The van der Waals surface area contributed by atoms with Crippen molar-refractivity contribution in [2.24, 2.45) is 0 Å². The van der Waals surface area contributed by atoms with Crippen molar-refractivity contribution >= 4 is 32.1 Å². The molecule has 3 aromatic rings. The van der Waals surface area contributed by atoms with Gasteiger partial charge in [-0.3, -0.25) is 9.78 Å². The number of carbonyl (C=O) groups is 1. The van der Waals surface area contributed by atoms with Crippen LogP contribution < -0.4 is 5.32 Å². The van der Waals surface area contributed by atoms with E-state index in [0.717, 1.165) is 0 Å². The molecule has 30 heavy (non-hydrogen) atoms. The Balaban J connectivity index is 2.14. The van der Waals surface area contributed by atoms with Crippen LogP contribution in [0.25, 0.3) is 11.1 Å². The fourth-order valence-electron chi connectivity index (χ4n) is 2.39. The number of amides is 1. The van der Waals surface area contributed by atoms with Gasteiger partial charge in [-0.1, -0.05) is 12.1 Å². The van der Waals surface area contributed by atoms with Crippen LogP contribution in [0.1, 0.15) is 6.92 Å². The molecule has 0 spiro atoms. The molecule has 12 heteroatoms. The van der Waals surface area contributed by atoms with Gasteiger partial charge in [-0.2, -0.15) is 13.2 Å². The lowest BCUT2D eigenvalue weighted by Gasteiger charge is -2.24. The van der Waals surface area contributed by atoms with Crippen LogP contribution in [-0.4, -0.2) is 41.2 Å². The number of alkyl halides is 3. The molecule has 1 unspecified atom stereocenters. The maximum atomic E-state index is 13.1. The molecule has 1 amide bonds. The van der Waals surface area contributed by atoms with Gasteiger partial charge >= 0.3 is 6.18 Å². The molecule has 3 heterocycles. The van der Waals surface area contributed by atoms with Crippen LogP contribution in [0.2, 0.25) is 0 Å². The summed E-state index contributed by atoms with van der Waals surface area (Å²) in [6.07, 6.45) is -1.22. The minimum atomic E-state index is -5.23. The Kier molecular flexibility index (Phi) is 5.67. The van der Waals surface area contributed by atoms with Crippen molar-refractivity contribution in [3.05, 3.63) is 54.3 Å². The van der Waals surface area contributed by atoms with Crippen molar-refractivity contribution in [3.63, 3.8) is 0 Å². The number of hydrogen-bond donors (Lipinski definition) is 2. The highest BCUT2D eigenvalue weighted by Gasteiger charge is 2.56. The van der Waals surface area contributed by atoms with Crippen LogP contribution in [0.4, 0.5) is 18.2 Å². The van der Waals surface area contributed by atoms with Crippen LogP contribution in [0.15, 0.2) is 64.2 Å². The van der Waals surface area contributed by atoms with Crippen LogP contribution in [0.5, 0.6) is 0 Å². The first-order chi connectivity index (χ1) is 14.0. The number of nitrogens with one attached hydrogen (secondary N) is 1. The summed E-state index contributed by atoms with van der Waals surface area (Å²) < 4.78 is 65.1. The Morgan fingerprint density at radius 1 is 1.17 bits per heavy atom. The number of carbonyl (C=O) groups excluding carboxylic acids is 1. The third kappa shape index (κ3) is 3.93. The fourth-order valence-corrected chi connectivity index (χ4v) is 5.12. The number of anilines is 1. The molecule has 0 bridgehead atoms. The highest BCUT2D eigenvalue weighted by atomic mass is 32.2. The van der Waals surface area contributed by atoms with Crippen molar-refractivity contribution in [2.75, 3.05) is 5.32 Å². The molecule has 7 nitrogen and oxygen atoms in total. The molecule has 1 atom stereocenters. The number of thiophene rings is 1. The lowest BCUT2D eigenvalue weighted by Crippen LogP contribution is -2.52. The van der Waals surface area contributed by atoms with Crippen molar-refractivity contribution in [2.45, 2.75) is 28.6 Å². The Morgan fingerprint density at radius 2 is 1.90 bits per heavy atom. The van der Waals surface area contributed by atoms with Crippen LogP contribution in [-0.2, 0) is 14.6 Å².